The number of benzene rings is 1. The fourth-order valence-electron chi connectivity index (χ4n) is 2.03. The molecule has 6 nitrogen and oxygen atoms in total. The van der Waals surface area contributed by atoms with E-state index in [2.05, 4.69) is 0 Å². The summed E-state index contributed by atoms with van der Waals surface area (Å²) in [7, 11) is 0. The van der Waals surface area contributed by atoms with Crippen molar-refractivity contribution in [1.29, 1.82) is 0 Å². The zero-order valence-electron chi connectivity index (χ0n) is 11.5. The van der Waals surface area contributed by atoms with E-state index in [-0.39, 0.29) is 24.9 Å². The van der Waals surface area contributed by atoms with Crippen molar-refractivity contribution in [1.82, 2.24) is 4.90 Å². The zero-order chi connectivity index (χ0) is 15.5. The number of rotatable bonds is 6. The van der Waals surface area contributed by atoms with Crippen molar-refractivity contribution < 1.29 is 28.6 Å². The highest BCUT2D eigenvalue weighted by molar-refractivity contribution is 5.79. The Morgan fingerprint density at radius 1 is 1.29 bits per heavy atom. The molecule has 0 spiro atoms. The molecular weight excluding hydrogens is 281 g/mol. The number of carboxylic acids is 1. The minimum atomic E-state index is -1.04. The van der Waals surface area contributed by atoms with Gasteiger partial charge in [-0.15, -0.1) is 0 Å². The second-order valence-corrected chi connectivity index (χ2v) is 5.12. The molecule has 1 aromatic rings. The monoisotopic (exact) mass is 297 g/mol. The van der Waals surface area contributed by atoms with Crippen LogP contribution in [-0.4, -0.2) is 53.8 Å². The molecule has 1 N–H and O–H groups in total. The first-order chi connectivity index (χ1) is 9.88. The predicted molar refractivity (Wildman–Crippen MR) is 70.5 cm³/mol. The van der Waals surface area contributed by atoms with Gasteiger partial charge in [-0.25, -0.2) is 9.18 Å². The number of nitrogens with zero attached hydrogens (tertiary/aromatic N) is 1. The van der Waals surface area contributed by atoms with Crippen LogP contribution < -0.4 is 4.74 Å². The molecule has 1 saturated heterocycles. The second kappa shape index (κ2) is 6.09. The highest BCUT2D eigenvalue weighted by atomic mass is 19.1. The van der Waals surface area contributed by atoms with Crippen LogP contribution in [0.15, 0.2) is 24.3 Å². The fourth-order valence-corrected chi connectivity index (χ4v) is 2.03. The first kappa shape index (κ1) is 15.2. The summed E-state index contributed by atoms with van der Waals surface area (Å²) in [6, 6.07) is 5.39. The topological polar surface area (TPSA) is 76.1 Å². The van der Waals surface area contributed by atoms with Gasteiger partial charge >= 0.3 is 5.97 Å². The van der Waals surface area contributed by atoms with Crippen LogP contribution in [0.25, 0.3) is 0 Å². The van der Waals surface area contributed by atoms with Gasteiger partial charge in [-0.2, -0.15) is 0 Å². The summed E-state index contributed by atoms with van der Waals surface area (Å²) in [5.41, 5.74) is -0.621. The van der Waals surface area contributed by atoms with E-state index in [1.165, 1.54) is 29.2 Å². The summed E-state index contributed by atoms with van der Waals surface area (Å²) >= 11 is 0. The third-order valence-corrected chi connectivity index (χ3v) is 3.12. The molecule has 1 aliphatic heterocycles. The Hall–Kier alpha value is -2.15. The van der Waals surface area contributed by atoms with Gasteiger partial charge in [-0.3, -0.25) is 4.79 Å². The van der Waals surface area contributed by atoms with Gasteiger partial charge in [-0.05, 0) is 31.2 Å². The standard InChI is InChI=1S/C14H16FNO5/c1-14(21-7-13(18)19)8-16(9-14)12(17)6-20-11-4-2-10(15)3-5-11/h2-5H,6-9H2,1H3,(H,18,19). The SMILES string of the molecule is CC1(OCC(=O)O)CN(C(=O)COc2ccc(F)cc2)C1. The number of amides is 1. The van der Waals surface area contributed by atoms with E-state index >= 15 is 0 Å². The van der Waals surface area contributed by atoms with E-state index in [9.17, 15) is 14.0 Å². The van der Waals surface area contributed by atoms with Gasteiger partial charge in [-0.1, -0.05) is 0 Å². The lowest BCUT2D eigenvalue weighted by Gasteiger charge is -2.47. The van der Waals surface area contributed by atoms with E-state index in [1.807, 2.05) is 0 Å². The molecule has 0 aromatic heterocycles. The molecule has 7 heteroatoms. The second-order valence-electron chi connectivity index (χ2n) is 5.12. The summed E-state index contributed by atoms with van der Waals surface area (Å²) < 4.78 is 23.2. The van der Waals surface area contributed by atoms with Crippen molar-refractivity contribution in [3.05, 3.63) is 30.1 Å². The lowest BCUT2D eigenvalue weighted by atomic mass is 9.96. The number of hydrogen-bond donors (Lipinski definition) is 1. The van der Waals surface area contributed by atoms with E-state index in [4.69, 9.17) is 14.6 Å². The van der Waals surface area contributed by atoms with Gasteiger partial charge in [0.15, 0.2) is 6.61 Å². The third-order valence-electron chi connectivity index (χ3n) is 3.12. The minimum Gasteiger partial charge on any atom is -0.484 e. The van der Waals surface area contributed by atoms with Crippen LogP contribution in [0, 0.1) is 5.82 Å². The fraction of sp³-hybridized carbons (Fsp3) is 0.429. The third kappa shape index (κ3) is 4.16. The van der Waals surface area contributed by atoms with E-state index in [0.717, 1.165) is 0 Å². The summed E-state index contributed by atoms with van der Waals surface area (Å²) in [6.45, 7) is 1.86. The predicted octanol–water partition coefficient (Wildman–Crippen LogP) is 0.907. The smallest absolute Gasteiger partial charge is 0.329 e. The Morgan fingerprint density at radius 3 is 2.48 bits per heavy atom. The zero-order valence-corrected chi connectivity index (χ0v) is 11.5. The van der Waals surface area contributed by atoms with Gasteiger partial charge in [0.1, 0.15) is 23.8 Å². The van der Waals surface area contributed by atoms with Crippen LogP contribution >= 0.6 is 0 Å². The lowest BCUT2D eigenvalue weighted by Crippen LogP contribution is -2.64. The van der Waals surface area contributed by atoms with Crippen LogP contribution in [0.4, 0.5) is 4.39 Å². The largest absolute Gasteiger partial charge is 0.484 e. The van der Waals surface area contributed by atoms with Crippen LogP contribution in [0.2, 0.25) is 0 Å². The van der Waals surface area contributed by atoms with Gasteiger partial charge in [0.2, 0.25) is 0 Å². The van der Waals surface area contributed by atoms with E-state index < -0.39 is 11.6 Å². The maximum absolute atomic E-state index is 12.7. The number of likely N-dealkylation sites (tertiary alicyclic amines) is 1. The number of ether oxygens (including phenoxy) is 2. The molecule has 1 aliphatic rings. The maximum Gasteiger partial charge on any atom is 0.329 e. The molecule has 0 bridgehead atoms. The van der Waals surface area contributed by atoms with Crippen LogP contribution in [-0.2, 0) is 14.3 Å². The number of aliphatic carboxylic acids is 1. The molecular formula is C14H16FNO5. The van der Waals surface area contributed by atoms with Crippen LogP contribution in [0.3, 0.4) is 0 Å². The van der Waals surface area contributed by atoms with Gasteiger partial charge in [0.25, 0.3) is 5.91 Å². The van der Waals surface area contributed by atoms with E-state index in [1.54, 1.807) is 6.92 Å². The first-order valence-electron chi connectivity index (χ1n) is 6.40. The highest BCUT2D eigenvalue weighted by Gasteiger charge is 2.42. The van der Waals surface area contributed by atoms with Gasteiger partial charge < -0.3 is 19.5 Å². The van der Waals surface area contributed by atoms with Crippen LogP contribution in [0.5, 0.6) is 5.75 Å². The number of hydrogen-bond acceptors (Lipinski definition) is 4. The summed E-state index contributed by atoms with van der Waals surface area (Å²) in [4.78, 5) is 23.8. The number of halogens is 1. The molecule has 1 heterocycles. The molecule has 1 fully saturated rings. The van der Waals surface area contributed by atoms with Crippen molar-refractivity contribution in [3.63, 3.8) is 0 Å². The molecule has 0 unspecified atom stereocenters. The summed E-state index contributed by atoms with van der Waals surface area (Å²) in [6.07, 6.45) is 0. The number of carboxylic acid groups (broad SMARTS) is 1. The molecule has 0 saturated carbocycles. The molecule has 21 heavy (non-hydrogen) atoms. The molecule has 1 aromatic carbocycles. The lowest BCUT2D eigenvalue weighted by molar-refractivity contribution is -0.174. The van der Waals surface area contributed by atoms with Crippen molar-refractivity contribution in [2.24, 2.45) is 0 Å². The Bertz CT molecular complexity index is 525. The van der Waals surface area contributed by atoms with Crippen molar-refractivity contribution in [2.45, 2.75) is 12.5 Å². The van der Waals surface area contributed by atoms with Gasteiger partial charge in [0, 0.05) is 0 Å². The summed E-state index contributed by atoms with van der Waals surface area (Å²) in [5.74, 6) is -1.23. The maximum atomic E-state index is 12.7. The van der Waals surface area contributed by atoms with Crippen molar-refractivity contribution >= 4 is 11.9 Å². The van der Waals surface area contributed by atoms with Crippen molar-refractivity contribution in [2.75, 3.05) is 26.3 Å². The Kier molecular flexibility index (Phi) is 4.42. The first-order valence-corrected chi connectivity index (χ1v) is 6.40. The number of carbonyl (C=O) groups is 2. The normalized spacial score (nSPS) is 16.2. The Balaban J connectivity index is 1.73. The Labute approximate surface area is 121 Å². The summed E-state index contributed by atoms with van der Waals surface area (Å²) in [5, 5.41) is 8.55. The quantitative estimate of drug-likeness (QED) is 0.844. The molecule has 2 rings (SSSR count). The molecule has 0 radical (unpaired) electrons. The average Bonchev–Trinajstić information content (AvgIpc) is 2.41. The molecule has 0 atom stereocenters. The molecule has 1 amide bonds. The van der Waals surface area contributed by atoms with Gasteiger partial charge in [0.05, 0.1) is 13.1 Å². The number of carbonyl (C=O) groups excluding carboxylic acids is 1. The highest BCUT2D eigenvalue weighted by Crippen LogP contribution is 2.24. The van der Waals surface area contributed by atoms with E-state index in [0.29, 0.717) is 18.8 Å². The average molecular weight is 297 g/mol. The van der Waals surface area contributed by atoms with Crippen LogP contribution in [0.1, 0.15) is 6.92 Å². The molecule has 114 valence electrons. The Morgan fingerprint density at radius 2 is 1.90 bits per heavy atom. The molecule has 0 aliphatic carbocycles. The van der Waals surface area contributed by atoms with Crippen molar-refractivity contribution in [3.8, 4) is 5.75 Å². The minimum absolute atomic E-state index is 0.152.